The first-order valence-electron chi connectivity index (χ1n) is 3.75. The first kappa shape index (κ1) is 9.52. The molecule has 0 aliphatic rings. The topological polar surface area (TPSA) is 71.4 Å². The third kappa shape index (κ3) is 1.78. The molecule has 0 amide bonds. The van der Waals surface area contributed by atoms with Crippen LogP contribution in [-0.4, -0.2) is 0 Å². The highest BCUT2D eigenvalue weighted by atomic mass is 14.3. The average Bonchev–Trinajstić information content (AvgIpc) is 2.26. The van der Waals surface area contributed by atoms with Gasteiger partial charge >= 0.3 is 0 Å². The van der Waals surface area contributed by atoms with Crippen LogP contribution in [-0.2, 0) is 0 Å². The molecule has 0 aromatic heterocycles. The summed E-state index contributed by atoms with van der Waals surface area (Å²) in [7, 11) is 0. The van der Waals surface area contributed by atoms with Crippen LogP contribution >= 0.6 is 0 Å². The Bertz CT molecular complexity index is 492. The maximum absolute atomic E-state index is 8.75. The van der Waals surface area contributed by atoms with Crippen molar-refractivity contribution in [3.63, 3.8) is 0 Å². The molecule has 0 N–H and O–H groups in total. The van der Waals surface area contributed by atoms with Crippen molar-refractivity contribution in [2.24, 2.45) is 0 Å². The first-order chi connectivity index (χ1) is 6.83. The Morgan fingerprint density at radius 1 is 1.07 bits per heavy atom. The van der Waals surface area contributed by atoms with Crippen LogP contribution in [0.2, 0.25) is 0 Å². The van der Waals surface area contributed by atoms with Gasteiger partial charge in [0.1, 0.15) is 12.1 Å². The molecule has 3 heteroatoms. The van der Waals surface area contributed by atoms with E-state index in [1.807, 2.05) is 12.1 Å². The molecule has 1 aromatic carbocycles. The Kier molecular flexibility index (Phi) is 3.03. The number of nitrogens with zero attached hydrogens (tertiary/aromatic N) is 3. The lowest BCUT2D eigenvalue weighted by Crippen LogP contribution is -1.86. The highest BCUT2D eigenvalue weighted by molar-refractivity contribution is 5.79. The molecule has 0 saturated carbocycles. The van der Waals surface area contributed by atoms with Crippen LogP contribution in [0.15, 0.2) is 24.3 Å². The van der Waals surface area contributed by atoms with E-state index in [4.69, 9.17) is 15.8 Å². The highest BCUT2D eigenvalue weighted by Gasteiger charge is 2.05. The number of allylic oxidation sites excluding steroid dienone is 2. The summed E-state index contributed by atoms with van der Waals surface area (Å²) in [6.45, 7) is 0. The largest absolute Gasteiger partial charge is 0.192 e. The quantitative estimate of drug-likeness (QED) is 0.615. The van der Waals surface area contributed by atoms with E-state index < -0.39 is 0 Å². The lowest BCUT2D eigenvalue weighted by Gasteiger charge is -1.98. The van der Waals surface area contributed by atoms with Crippen molar-refractivity contribution in [2.45, 2.75) is 0 Å². The molecule has 0 unspecified atom stereocenters. The molecule has 1 radical (unpaired) electrons. The van der Waals surface area contributed by atoms with Gasteiger partial charge in [0.05, 0.1) is 23.3 Å². The molecule has 0 aliphatic heterocycles. The molecule has 14 heavy (non-hydrogen) atoms. The third-order valence-electron chi connectivity index (χ3n) is 1.61. The number of hydrogen-bond acceptors (Lipinski definition) is 3. The summed E-state index contributed by atoms with van der Waals surface area (Å²) < 4.78 is 0. The Hall–Kier alpha value is -2.57. The van der Waals surface area contributed by atoms with Crippen LogP contribution in [0.25, 0.3) is 5.57 Å². The Morgan fingerprint density at radius 3 is 2.36 bits per heavy atom. The van der Waals surface area contributed by atoms with Gasteiger partial charge in [-0.15, -0.1) is 0 Å². The maximum Gasteiger partial charge on any atom is 0.102 e. The van der Waals surface area contributed by atoms with Gasteiger partial charge in [0.25, 0.3) is 0 Å². The number of rotatable bonds is 1. The van der Waals surface area contributed by atoms with E-state index in [0.717, 1.165) is 0 Å². The average molecular weight is 178 g/mol. The summed E-state index contributed by atoms with van der Waals surface area (Å²) in [5.74, 6) is 0. The van der Waals surface area contributed by atoms with Crippen molar-refractivity contribution < 1.29 is 0 Å². The molecule has 3 nitrogen and oxygen atoms in total. The minimum Gasteiger partial charge on any atom is -0.192 e. The van der Waals surface area contributed by atoms with Crippen molar-refractivity contribution in [2.75, 3.05) is 0 Å². The molecule has 63 valence electrons. The predicted molar refractivity (Wildman–Crippen MR) is 49.0 cm³/mol. The van der Waals surface area contributed by atoms with E-state index in [1.165, 1.54) is 0 Å². The van der Waals surface area contributed by atoms with Gasteiger partial charge in [0.15, 0.2) is 0 Å². The summed E-state index contributed by atoms with van der Waals surface area (Å²) in [5, 5.41) is 25.8. The second-order valence-corrected chi connectivity index (χ2v) is 2.38. The van der Waals surface area contributed by atoms with Crippen LogP contribution in [0.3, 0.4) is 0 Å². The minimum absolute atomic E-state index is 0.0876. The van der Waals surface area contributed by atoms with Crippen molar-refractivity contribution in [1.82, 2.24) is 0 Å². The van der Waals surface area contributed by atoms with E-state index in [-0.39, 0.29) is 5.57 Å². The second-order valence-electron chi connectivity index (χ2n) is 2.38. The summed E-state index contributed by atoms with van der Waals surface area (Å²) >= 11 is 0. The van der Waals surface area contributed by atoms with Crippen LogP contribution in [0, 0.1) is 40.1 Å². The van der Waals surface area contributed by atoms with Crippen molar-refractivity contribution >= 4 is 5.57 Å². The SMILES string of the molecule is N#C[C]=C(C#N)c1ccccc1C#N. The fourth-order valence-corrected chi connectivity index (χ4v) is 1.01. The van der Waals surface area contributed by atoms with Gasteiger partial charge in [-0.2, -0.15) is 15.8 Å². The lowest BCUT2D eigenvalue weighted by molar-refractivity contribution is 1.45. The molecule has 0 atom stereocenters. The van der Waals surface area contributed by atoms with E-state index in [2.05, 4.69) is 6.08 Å². The molecule has 0 bridgehead atoms. The first-order valence-corrected chi connectivity index (χ1v) is 3.75. The predicted octanol–water partition coefficient (Wildman–Crippen LogP) is 1.79. The van der Waals surface area contributed by atoms with Crippen LogP contribution in [0.5, 0.6) is 0 Å². The molecule has 0 saturated heterocycles. The molecular weight excluding hydrogens is 174 g/mol. The molecular formula is C11H4N3. The smallest absolute Gasteiger partial charge is 0.102 e. The monoisotopic (exact) mass is 178 g/mol. The van der Waals surface area contributed by atoms with Gasteiger partial charge in [-0.25, -0.2) is 0 Å². The Labute approximate surface area is 81.7 Å². The molecule has 1 aromatic rings. The summed E-state index contributed by atoms with van der Waals surface area (Å²) in [6.07, 6.45) is 2.23. The Balaban J connectivity index is 3.35. The molecule has 0 fully saturated rings. The van der Waals surface area contributed by atoms with Gasteiger partial charge in [-0.05, 0) is 6.07 Å². The zero-order valence-corrected chi connectivity index (χ0v) is 7.15. The number of nitriles is 3. The standard InChI is InChI=1S/C11H4N3/c12-6-5-10(8-14)11-4-2-1-3-9(11)7-13/h1-4H. The fourth-order valence-electron chi connectivity index (χ4n) is 1.01. The summed E-state index contributed by atoms with van der Waals surface area (Å²) in [6, 6.07) is 12.0. The van der Waals surface area contributed by atoms with Crippen LogP contribution in [0.4, 0.5) is 0 Å². The molecule has 0 aliphatic carbocycles. The van der Waals surface area contributed by atoms with E-state index in [0.29, 0.717) is 11.1 Å². The Morgan fingerprint density at radius 2 is 1.79 bits per heavy atom. The fraction of sp³-hybridized carbons (Fsp3) is 0. The normalized spacial score (nSPS) is 9.64. The van der Waals surface area contributed by atoms with Gasteiger partial charge < -0.3 is 0 Å². The van der Waals surface area contributed by atoms with Crippen molar-refractivity contribution in [3.05, 3.63) is 41.5 Å². The van der Waals surface area contributed by atoms with E-state index in [9.17, 15) is 0 Å². The van der Waals surface area contributed by atoms with Gasteiger partial charge in [-0.1, -0.05) is 18.2 Å². The molecule has 0 spiro atoms. The van der Waals surface area contributed by atoms with Crippen molar-refractivity contribution in [3.8, 4) is 18.2 Å². The summed E-state index contributed by atoms with van der Waals surface area (Å²) in [5.41, 5.74) is 0.899. The van der Waals surface area contributed by atoms with E-state index >= 15 is 0 Å². The van der Waals surface area contributed by atoms with Crippen LogP contribution < -0.4 is 0 Å². The van der Waals surface area contributed by atoms with Gasteiger partial charge in [-0.3, -0.25) is 0 Å². The zero-order chi connectivity index (χ0) is 10.4. The maximum atomic E-state index is 8.75. The van der Waals surface area contributed by atoms with Gasteiger partial charge in [0.2, 0.25) is 0 Å². The number of hydrogen-bond donors (Lipinski definition) is 0. The van der Waals surface area contributed by atoms with Crippen LogP contribution in [0.1, 0.15) is 11.1 Å². The summed E-state index contributed by atoms with van der Waals surface area (Å²) in [4.78, 5) is 0. The third-order valence-corrected chi connectivity index (χ3v) is 1.61. The zero-order valence-electron chi connectivity index (χ0n) is 7.15. The van der Waals surface area contributed by atoms with Crippen molar-refractivity contribution in [1.29, 1.82) is 15.8 Å². The van der Waals surface area contributed by atoms with E-state index in [1.54, 1.807) is 30.3 Å². The highest BCUT2D eigenvalue weighted by Crippen LogP contribution is 2.16. The lowest BCUT2D eigenvalue weighted by atomic mass is 10.0. The number of benzene rings is 1. The minimum atomic E-state index is 0.0876. The van der Waals surface area contributed by atoms with Gasteiger partial charge in [0, 0.05) is 5.56 Å². The molecule has 0 heterocycles. The second kappa shape index (κ2) is 4.45. The molecule has 1 rings (SSSR count).